The molecular formula is C8H16O3Si. The number of allylic oxidation sites excluding steroid dienone is 1. The van der Waals surface area contributed by atoms with Gasteiger partial charge in [0.1, 0.15) is 0 Å². The average molecular weight is 188 g/mol. The van der Waals surface area contributed by atoms with E-state index in [1.807, 2.05) is 0 Å². The normalized spacial score (nSPS) is 11.5. The Labute approximate surface area is 75.8 Å². The lowest BCUT2D eigenvalue weighted by Crippen LogP contribution is -2.10. The fourth-order valence-corrected chi connectivity index (χ4v) is 1.21. The van der Waals surface area contributed by atoms with E-state index in [4.69, 9.17) is 8.85 Å². The van der Waals surface area contributed by atoms with Gasteiger partial charge in [0.15, 0.2) is 0 Å². The molecule has 12 heavy (non-hydrogen) atoms. The van der Waals surface area contributed by atoms with Gasteiger partial charge in [-0.05, 0) is 13.3 Å². The van der Waals surface area contributed by atoms with Crippen molar-refractivity contribution in [3.8, 4) is 0 Å². The highest BCUT2D eigenvalue weighted by atomic mass is 28.3. The van der Waals surface area contributed by atoms with E-state index in [2.05, 4.69) is 6.92 Å². The van der Waals surface area contributed by atoms with E-state index >= 15 is 0 Å². The van der Waals surface area contributed by atoms with Crippen molar-refractivity contribution in [1.29, 1.82) is 0 Å². The van der Waals surface area contributed by atoms with Crippen molar-refractivity contribution >= 4 is 16.0 Å². The average Bonchev–Trinajstić information content (AvgIpc) is 2.05. The summed E-state index contributed by atoms with van der Waals surface area (Å²) in [5.74, 6) is -0.291. The number of hydrogen-bond acceptors (Lipinski definition) is 3. The maximum absolute atomic E-state index is 10.7. The van der Waals surface area contributed by atoms with Crippen molar-refractivity contribution in [2.45, 2.75) is 26.7 Å². The molecule has 0 heterocycles. The summed E-state index contributed by atoms with van der Waals surface area (Å²) in [7, 11) is -1.08. The van der Waals surface area contributed by atoms with Crippen molar-refractivity contribution in [1.82, 2.24) is 0 Å². The van der Waals surface area contributed by atoms with Crippen LogP contribution in [0, 0.1) is 0 Å². The fourth-order valence-electron chi connectivity index (χ4n) is 0.589. The van der Waals surface area contributed by atoms with Gasteiger partial charge in [-0.2, -0.15) is 0 Å². The Balaban J connectivity index is 3.14. The Morgan fingerprint density at radius 1 is 1.58 bits per heavy atom. The lowest BCUT2D eigenvalue weighted by atomic mass is 10.4. The maximum Gasteiger partial charge on any atom is 0.369 e. The third-order valence-electron chi connectivity index (χ3n) is 1.23. The molecule has 0 bridgehead atoms. The zero-order valence-electron chi connectivity index (χ0n) is 7.71. The van der Waals surface area contributed by atoms with E-state index in [0.717, 1.165) is 12.8 Å². The zero-order chi connectivity index (χ0) is 9.23. The molecule has 0 aliphatic rings. The number of unbranched alkanes of at least 4 members (excludes halogenated alkanes) is 1. The van der Waals surface area contributed by atoms with E-state index in [9.17, 15) is 4.79 Å². The van der Waals surface area contributed by atoms with Crippen LogP contribution < -0.4 is 0 Å². The van der Waals surface area contributed by atoms with Crippen LogP contribution in [0.3, 0.4) is 0 Å². The molecule has 0 amide bonds. The third kappa shape index (κ3) is 7.49. The molecule has 0 aromatic carbocycles. The molecule has 0 spiro atoms. The smallest absolute Gasteiger partial charge is 0.369 e. The molecule has 0 aromatic heterocycles. The van der Waals surface area contributed by atoms with Crippen molar-refractivity contribution in [3.63, 3.8) is 0 Å². The Morgan fingerprint density at radius 3 is 2.92 bits per heavy atom. The van der Waals surface area contributed by atoms with Gasteiger partial charge in [-0.25, -0.2) is 4.79 Å². The summed E-state index contributed by atoms with van der Waals surface area (Å²) in [5.41, 5.74) is 0. The lowest BCUT2D eigenvalue weighted by Gasteiger charge is -2.01. The summed E-state index contributed by atoms with van der Waals surface area (Å²) in [5, 5.41) is 0. The van der Waals surface area contributed by atoms with Crippen LogP contribution in [0.2, 0.25) is 0 Å². The number of carbonyl (C=O) groups excluding carboxylic acids is 1. The summed E-state index contributed by atoms with van der Waals surface area (Å²) >= 11 is 0. The quantitative estimate of drug-likeness (QED) is 0.353. The van der Waals surface area contributed by atoms with Gasteiger partial charge in [0, 0.05) is 12.7 Å². The van der Waals surface area contributed by atoms with Gasteiger partial charge >= 0.3 is 16.0 Å². The first-order valence-electron chi connectivity index (χ1n) is 4.18. The third-order valence-corrected chi connectivity index (χ3v) is 2.09. The predicted octanol–water partition coefficient (Wildman–Crippen LogP) is 0.921. The van der Waals surface area contributed by atoms with Crippen molar-refractivity contribution in [3.05, 3.63) is 12.2 Å². The van der Waals surface area contributed by atoms with Crippen LogP contribution in [-0.4, -0.2) is 22.6 Å². The van der Waals surface area contributed by atoms with Crippen LogP contribution in [0.15, 0.2) is 12.2 Å². The minimum Gasteiger partial charge on any atom is -0.496 e. The van der Waals surface area contributed by atoms with Gasteiger partial charge in [-0.3, -0.25) is 0 Å². The number of carbonyl (C=O) groups is 1. The van der Waals surface area contributed by atoms with Crippen LogP contribution >= 0.6 is 0 Å². The Bertz CT molecular complexity index is 145. The van der Waals surface area contributed by atoms with Gasteiger partial charge in [-0.15, -0.1) is 0 Å². The second kappa shape index (κ2) is 8.48. The van der Waals surface area contributed by atoms with Crippen LogP contribution in [0.25, 0.3) is 0 Å². The van der Waals surface area contributed by atoms with Gasteiger partial charge in [0.05, 0.1) is 0 Å². The monoisotopic (exact) mass is 188 g/mol. The first-order valence-corrected chi connectivity index (χ1v) is 5.34. The molecule has 0 aliphatic heterocycles. The molecule has 0 aliphatic carbocycles. The van der Waals surface area contributed by atoms with Crippen LogP contribution in [0.4, 0.5) is 0 Å². The predicted molar refractivity (Wildman–Crippen MR) is 50.3 cm³/mol. The molecule has 70 valence electrons. The molecule has 0 aromatic rings. The maximum atomic E-state index is 10.7. The summed E-state index contributed by atoms with van der Waals surface area (Å²) in [6.07, 6.45) is 5.20. The largest absolute Gasteiger partial charge is 0.496 e. The molecule has 0 saturated carbocycles. The SMILES string of the molecule is CC=CC(=O)O[SiH2]OCCCC. The van der Waals surface area contributed by atoms with E-state index < -0.39 is 10.0 Å². The van der Waals surface area contributed by atoms with E-state index in [1.54, 1.807) is 13.0 Å². The van der Waals surface area contributed by atoms with Crippen molar-refractivity contribution < 1.29 is 13.6 Å². The van der Waals surface area contributed by atoms with Gasteiger partial charge in [0.2, 0.25) is 0 Å². The minimum absolute atomic E-state index is 0.291. The van der Waals surface area contributed by atoms with E-state index in [-0.39, 0.29) is 5.97 Å². The molecule has 0 fully saturated rings. The van der Waals surface area contributed by atoms with Gasteiger partial charge in [-0.1, -0.05) is 19.4 Å². The first-order chi connectivity index (χ1) is 5.81. The van der Waals surface area contributed by atoms with Crippen molar-refractivity contribution in [2.24, 2.45) is 0 Å². The minimum atomic E-state index is -1.08. The second-order valence-corrected chi connectivity index (χ2v) is 3.28. The molecule has 0 saturated heterocycles. The van der Waals surface area contributed by atoms with Crippen LogP contribution in [0.1, 0.15) is 26.7 Å². The molecule has 0 rings (SSSR count). The fraction of sp³-hybridized carbons (Fsp3) is 0.625. The highest BCUT2D eigenvalue weighted by Gasteiger charge is 1.95. The molecule has 0 radical (unpaired) electrons. The molecule has 3 nitrogen and oxygen atoms in total. The Kier molecular flexibility index (Phi) is 8.05. The standard InChI is InChI=1S/C8H16O3Si/c1-3-5-7-10-12-11-8(9)6-4-2/h4,6H,3,5,7,12H2,1-2H3. The topological polar surface area (TPSA) is 35.5 Å². The van der Waals surface area contributed by atoms with Crippen LogP contribution in [-0.2, 0) is 13.6 Å². The molecule has 4 heteroatoms. The summed E-state index contributed by atoms with van der Waals surface area (Å²) in [6.45, 7) is 4.59. The summed E-state index contributed by atoms with van der Waals surface area (Å²) in [6, 6.07) is 0. The van der Waals surface area contributed by atoms with Crippen molar-refractivity contribution in [2.75, 3.05) is 6.61 Å². The Hall–Kier alpha value is -0.613. The van der Waals surface area contributed by atoms with Gasteiger partial charge in [0.25, 0.3) is 0 Å². The van der Waals surface area contributed by atoms with E-state index in [0.29, 0.717) is 6.61 Å². The second-order valence-electron chi connectivity index (χ2n) is 2.34. The van der Waals surface area contributed by atoms with E-state index in [1.165, 1.54) is 6.08 Å². The molecule has 0 atom stereocenters. The number of hydrogen-bond donors (Lipinski definition) is 0. The molecule has 0 unspecified atom stereocenters. The zero-order valence-corrected chi connectivity index (χ0v) is 9.12. The lowest BCUT2D eigenvalue weighted by molar-refractivity contribution is -0.129. The molecular weight excluding hydrogens is 172 g/mol. The van der Waals surface area contributed by atoms with Gasteiger partial charge < -0.3 is 8.85 Å². The highest BCUT2D eigenvalue weighted by Crippen LogP contribution is 1.87. The number of rotatable bonds is 6. The first kappa shape index (κ1) is 11.4. The highest BCUT2D eigenvalue weighted by molar-refractivity contribution is 6.23. The Morgan fingerprint density at radius 2 is 2.33 bits per heavy atom. The summed E-state index contributed by atoms with van der Waals surface area (Å²) < 4.78 is 9.97. The van der Waals surface area contributed by atoms with Crippen LogP contribution in [0.5, 0.6) is 0 Å². The molecule has 0 N–H and O–H groups in total. The summed E-state index contributed by atoms with van der Waals surface area (Å²) in [4.78, 5) is 10.7.